The highest BCUT2D eigenvalue weighted by Gasteiger charge is 2.15. The van der Waals surface area contributed by atoms with Crippen LogP contribution in [-0.4, -0.2) is 29.8 Å². The molecule has 1 aromatic carbocycles. The molecule has 4 rings (SSSR count). The number of aromatic amines is 1. The van der Waals surface area contributed by atoms with Gasteiger partial charge in [0.05, 0.1) is 11.6 Å². The molecule has 6 heteroatoms. The van der Waals surface area contributed by atoms with E-state index in [4.69, 9.17) is 15.1 Å². The molecule has 0 saturated carbocycles. The molecule has 0 fully saturated rings. The van der Waals surface area contributed by atoms with Gasteiger partial charge >= 0.3 is 0 Å². The first-order valence-corrected chi connectivity index (χ1v) is 8.51. The molecule has 0 spiro atoms. The number of aromatic nitrogens is 6. The van der Waals surface area contributed by atoms with Crippen LogP contribution in [0.5, 0.6) is 0 Å². The maximum atomic E-state index is 4.74. The van der Waals surface area contributed by atoms with Crippen LogP contribution >= 0.6 is 0 Å². The molecule has 0 bridgehead atoms. The first-order valence-electron chi connectivity index (χ1n) is 8.51. The fourth-order valence-corrected chi connectivity index (χ4v) is 2.95. The zero-order chi connectivity index (χ0) is 16.4. The van der Waals surface area contributed by atoms with Gasteiger partial charge in [-0.2, -0.15) is 9.61 Å². The van der Waals surface area contributed by atoms with E-state index in [1.54, 1.807) is 6.20 Å². The summed E-state index contributed by atoms with van der Waals surface area (Å²) in [6.07, 6.45) is 7.45. The molecule has 6 nitrogen and oxygen atoms in total. The Labute approximate surface area is 140 Å². The highest BCUT2D eigenvalue weighted by molar-refractivity contribution is 5.88. The van der Waals surface area contributed by atoms with E-state index in [2.05, 4.69) is 17.1 Å². The number of hydrogen-bond donors (Lipinski definition) is 1. The van der Waals surface area contributed by atoms with E-state index in [0.717, 1.165) is 46.7 Å². The van der Waals surface area contributed by atoms with Gasteiger partial charge in [0.2, 0.25) is 0 Å². The van der Waals surface area contributed by atoms with Gasteiger partial charge in [-0.3, -0.25) is 5.10 Å². The Morgan fingerprint density at radius 1 is 1.04 bits per heavy atom. The van der Waals surface area contributed by atoms with Crippen LogP contribution in [0.1, 0.15) is 38.4 Å². The van der Waals surface area contributed by atoms with Crippen molar-refractivity contribution in [1.29, 1.82) is 0 Å². The molecule has 0 atom stereocenters. The Kier molecular flexibility index (Phi) is 3.94. The molecule has 0 aliphatic heterocycles. The standard InChI is InChI=1S/C18H20N6/c1-2-3-4-8-11-15-20-17-14(12-19-22-17)18-21-16(23-24(15)18)13-9-6-5-7-10-13/h5-7,9-10,12H,2-4,8,11H2,1H3,(H,19,22). The average molecular weight is 320 g/mol. The second kappa shape index (κ2) is 6.39. The van der Waals surface area contributed by atoms with Crippen LogP contribution in [0.4, 0.5) is 0 Å². The smallest absolute Gasteiger partial charge is 0.182 e. The van der Waals surface area contributed by atoms with Crippen molar-refractivity contribution in [3.8, 4) is 11.4 Å². The zero-order valence-corrected chi connectivity index (χ0v) is 13.7. The first kappa shape index (κ1) is 14.8. The molecule has 0 radical (unpaired) electrons. The van der Waals surface area contributed by atoms with Gasteiger partial charge in [-0.1, -0.05) is 56.5 Å². The number of H-pyrrole nitrogens is 1. The lowest BCUT2D eigenvalue weighted by atomic mass is 10.1. The Bertz CT molecular complexity index is 954. The lowest BCUT2D eigenvalue weighted by molar-refractivity contribution is 0.641. The van der Waals surface area contributed by atoms with Crippen molar-refractivity contribution in [2.24, 2.45) is 0 Å². The molecule has 4 aromatic rings. The number of nitrogens with zero attached hydrogens (tertiary/aromatic N) is 5. The maximum Gasteiger partial charge on any atom is 0.182 e. The summed E-state index contributed by atoms with van der Waals surface area (Å²) < 4.78 is 1.88. The van der Waals surface area contributed by atoms with E-state index in [1.165, 1.54) is 19.3 Å². The monoisotopic (exact) mass is 320 g/mol. The van der Waals surface area contributed by atoms with Gasteiger partial charge in [0, 0.05) is 12.0 Å². The molecule has 0 amide bonds. The largest absolute Gasteiger partial charge is 0.261 e. The summed E-state index contributed by atoms with van der Waals surface area (Å²) in [6, 6.07) is 10.0. The molecular weight excluding hydrogens is 300 g/mol. The summed E-state index contributed by atoms with van der Waals surface area (Å²) in [5.41, 5.74) is 2.60. The SMILES string of the molecule is CCCCCCc1nc2[nH]ncc2c2nc(-c3ccccc3)nn12. The Morgan fingerprint density at radius 2 is 1.92 bits per heavy atom. The topological polar surface area (TPSA) is 71.8 Å². The maximum absolute atomic E-state index is 4.74. The summed E-state index contributed by atoms with van der Waals surface area (Å²) in [6.45, 7) is 2.22. The Morgan fingerprint density at radius 3 is 2.75 bits per heavy atom. The van der Waals surface area contributed by atoms with Gasteiger partial charge in [0.15, 0.2) is 17.1 Å². The summed E-state index contributed by atoms with van der Waals surface area (Å²) >= 11 is 0. The van der Waals surface area contributed by atoms with Gasteiger partial charge < -0.3 is 0 Å². The summed E-state index contributed by atoms with van der Waals surface area (Å²) in [7, 11) is 0. The van der Waals surface area contributed by atoms with Crippen molar-refractivity contribution in [3.63, 3.8) is 0 Å². The molecule has 122 valence electrons. The van der Waals surface area contributed by atoms with E-state index in [1.807, 2.05) is 34.8 Å². The summed E-state index contributed by atoms with van der Waals surface area (Å²) in [5.74, 6) is 1.66. The van der Waals surface area contributed by atoms with Crippen LogP contribution in [0, 0.1) is 0 Å². The molecule has 3 heterocycles. The lowest BCUT2D eigenvalue weighted by Gasteiger charge is -2.03. The molecule has 0 aliphatic rings. The third-order valence-electron chi connectivity index (χ3n) is 4.24. The number of aryl methyl sites for hydroxylation is 1. The fraction of sp³-hybridized carbons (Fsp3) is 0.333. The molecule has 0 saturated heterocycles. The van der Waals surface area contributed by atoms with Crippen LogP contribution in [-0.2, 0) is 6.42 Å². The fourth-order valence-electron chi connectivity index (χ4n) is 2.95. The number of unbranched alkanes of at least 4 members (excludes halogenated alkanes) is 3. The van der Waals surface area contributed by atoms with Crippen molar-refractivity contribution in [1.82, 2.24) is 29.8 Å². The minimum atomic E-state index is 0.723. The van der Waals surface area contributed by atoms with Gasteiger partial charge in [-0.05, 0) is 6.42 Å². The highest BCUT2D eigenvalue weighted by atomic mass is 15.3. The van der Waals surface area contributed by atoms with Crippen LogP contribution in [0.2, 0.25) is 0 Å². The molecule has 1 N–H and O–H groups in total. The second-order valence-corrected chi connectivity index (χ2v) is 6.01. The minimum absolute atomic E-state index is 0.723. The van der Waals surface area contributed by atoms with E-state index in [9.17, 15) is 0 Å². The lowest BCUT2D eigenvalue weighted by Crippen LogP contribution is -2.03. The van der Waals surface area contributed by atoms with E-state index in [-0.39, 0.29) is 0 Å². The van der Waals surface area contributed by atoms with Crippen molar-refractivity contribution >= 4 is 16.7 Å². The number of fused-ring (bicyclic) bond motifs is 3. The van der Waals surface area contributed by atoms with E-state index < -0.39 is 0 Å². The number of benzene rings is 1. The van der Waals surface area contributed by atoms with Gasteiger partial charge in [0.1, 0.15) is 5.82 Å². The third-order valence-corrected chi connectivity index (χ3v) is 4.24. The molecular formula is C18H20N6. The molecule has 3 aromatic heterocycles. The predicted molar refractivity (Wildman–Crippen MR) is 93.7 cm³/mol. The predicted octanol–water partition coefficient (Wildman–Crippen LogP) is 3.79. The van der Waals surface area contributed by atoms with Crippen molar-refractivity contribution < 1.29 is 0 Å². The van der Waals surface area contributed by atoms with Gasteiger partial charge in [-0.25, -0.2) is 9.97 Å². The number of nitrogens with one attached hydrogen (secondary N) is 1. The van der Waals surface area contributed by atoms with Crippen molar-refractivity contribution in [2.45, 2.75) is 39.0 Å². The third kappa shape index (κ3) is 2.64. The molecule has 24 heavy (non-hydrogen) atoms. The van der Waals surface area contributed by atoms with Crippen LogP contribution in [0.25, 0.3) is 28.1 Å². The molecule has 0 unspecified atom stereocenters. The quantitative estimate of drug-likeness (QED) is 0.549. The molecule has 0 aliphatic carbocycles. The van der Waals surface area contributed by atoms with Gasteiger partial charge in [-0.15, -0.1) is 5.10 Å². The second-order valence-electron chi connectivity index (χ2n) is 6.01. The van der Waals surface area contributed by atoms with Gasteiger partial charge in [0.25, 0.3) is 0 Å². The number of rotatable bonds is 6. The van der Waals surface area contributed by atoms with Crippen molar-refractivity contribution in [2.75, 3.05) is 0 Å². The first-order chi connectivity index (χ1) is 11.9. The van der Waals surface area contributed by atoms with Crippen molar-refractivity contribution in [3.05, 3.63) is 42.4 Å². The van der Waals surface area contributed by atoms with E-state index >= 15 is 0 Å². The summed E-state index contributed by atoms with van der Waals surface area (Å²) in [5, 5.41) is 12.7. The highest BCUT2D eigenvalue weighted by Crippen LogP contribution is 2.22. The Balaban J connectivity index is 1.80. The summed E-state index contributed by atoms with van der Waals surface area (Å²) in [4.78, 5) is 9.45. The van der Waals surface area contributed by atoms with Crippen LogP contribution in [0.3, 0.4) is 0 Å². The van der Waals surface area contributed by atoms with E-state index in [0.29, 0.717) is 0 Å². The Hall–Kier alpha value is -2.76. The normalized spacial score (nSPS) is 11.5. The minimum Gasteiger partial charge on any atom is -0.261 e. The van der Waals surface area contributed by atoms with Crippen LogP contribution < -0.4 is 0 Å². The zero-order valence-electron chi connectivity index (χ0n) is 13.7. The average Bonchev–Trinajstić information content (AvgIpc) is 3.25. The number of hydrogen-bond acceptors (Lipinski definition) is 4. The van der Waals surface area contributed by atoms with Crippen LogP contribution in [0.15, 0.2) is 36.5 Å².